The average Bonchev–Trinajstić information content (AvgIpc) is 3.16. The number of piperazine rings is 1. The van der Waals surface area contributed by atoms with Gasteiger partial charge in [0.15, 0.2) is 0 Å². The Morgan fingerprint density at radius 1 is 1.26 bits per heavy atom. The summed E-state index contributed by atoms with van der Waals surface area (Å²) in [6.45, 7) is 10.6. The van der Waals surface area contributed by atoms with Gasteiger partial charge < -0.3 is 15.5 Å². The standard InChI is InChI=1S/C22H25ClN4O3S/c1-11-7-6-8-12(15(11)23)25-20(30)26-17-13-14(16(31-17)21(2,3)4)22(5)19(29)24-9-10-27(22)18(13)28/h6-8H,9-10H2,1-5H3,(H,24,29)(H2,25,26,30). The highest BCUT2D eigenvalue weighted by Gasteiger charge is 2.57. The fraction of sp³-hybridized carbons (Fsp3) is 0.409. The van der Waals surface area contributed by atoms with E-state index in [1.165, 1.54) is 11.3 Å². The first-order valence-electron chi connectivity index (χ1n) is 10.1. The van der Waals surface area contributed by atoms with Gasteiger partial charge in [0.1, 0.15) is 10.5 Å². The summed E-state index contributed by atoms with van der Waals surface area (Å²) in [5.41, 5.74) is 1.02. The Hall–Kier alpha value is -2.58. The van der Waals surface area contributed by atoms with Gasteiger partial charge in [0, 0.05) is 23.5 Å². The second-order valence-corrected chi connectivity index (χ2v) is 10.5. The predicted octanol–water partition coefficient (Wildman–Crippen LogP) is 4.45. The molecule has 9 heteroatoms. The van der Waals surface area contributed by atoms with Crippen molar-refractivity contribution in [2.45, 2.75) is 45.6 Å². The highest BCUT2D eigenvalue weighted by molar-refractivity contribution is 7.17. The van der Waals surface area contributed by atoms with Crippen LogP contribution in [0.3, 0.4) is 0 Å². The van der Waals surface area contributed by atoms with Crippen molar-refractivity contribution in [3.8, 4) is 0 Å². The van der Waals surface area contributed by atoms with Crippen LogP contribution in [-0.2, 0) is 15.7 Å². The Labute approximate surface area is 190 Å². The molecule has 0 radical (unpaired) electrons. The van der Waals surface area contributed by atoms with Gasteiger partial charge in [-0.3, -0.25) is 14.9 Å². The van der Waals surface area contributed by atoms with Gasteiger partial charge in [0.05, 0.1) is 16.3 Å². The third-order valence-corrected chi connectivity index (χ3v) is 7.84. The SMILES string of the molecule is Cc1cccc(NC(=O)Nc2sc(C(C)(C)C)c3c2C(=O)N2CCNC(=O)C32C)c1Cl. The smallest absolute Gasteiger partial charge is 0.324 e. The fourth-order valence-corrected chi connectivity index (χ4v) is 5.73. The number of hydrogen-bond acceptors (Lipinski definition) is 4. The van der Waals surface area contributed by atoms with Gasteiger partial charge >= 0.3 is 6.03 Å². The molecule has 2 aliphatic heterocycles. The molecule has 2 aromatic rings. The topological polar surface area (TPSA) is 90.5 Å². The lowest BCUT2D eigenvalue weighted by atomic mass is 9.82. The third kappa shape index (κ3) is 3.29. The van der Waals surface area contributed by atoms with E-state index < -0.39 is 11.6 Å². The molecule has 3 N–H and O–H groups in total. The lowest BCUT2D eigenvalue weighted by Gasteiger charge is -2.40. The van der Waals surface area contributed by atoms with Crippen molar-refractivity contribution in [2.75, 3.05) is 23.7 Å². The fourth-order valence-electron chi connectivity index (χ4n) is 4.20. The van der Waals surface area contributed by atoms with Gasteiger partial charge in [-0.2, -0.15) is 0 Å². The number of thiophene rings is 1. The number of aryl methyl sites for hydroxylation is 1. The van der Waals surface area contributed by atoms with Crippen LogP contribution in [-0.4, -0.2) is 35.8 Å². The number of urea groups is 1. The zero-order chi connectivity index (χ0) is 22.7. The zero-order valence-electron chi connectivity index (χ0n) is 18.1. The predicted molar refractivity (Wildman–Crippen MR) is 123 cm³/mol. The molecule has 1 saturated heterocycles. The second kappa shape index (κ2) is 7.24. The van der Waals surface area contributed by atoms with Crippen LogP contribution < -0.4 is 16.0 Å². The summed E-state index contributed by atoms with van der Waals surface area (Å²) >= 11 is 7.64. The van der Waals surface area contributed by atoms with Gasteiger partial charge in [-0.25, -0.2) is 4.79 Å². The first-order chi connectivity index (χ1) is 14.5. The van der Waals surface area contributed by atoms with E-state index >= 15 is 0 Å². The van der Waals surface area contributed by atoms with Crippen LogP contribution in [0.15, 0.2) is 18.2 Å². The summed E-state index contributed by atoms with van der Waals surface area (Å²) in [5, 5.41) is 9.37. The summed E-state index contributed by atoms with van der Waals surface area (Å²) in [4.78, 5) is 41.6. The molecule has 2 aliphatic rings. The minimum atomic E-state index is -1.08. The van der Waals surface area contributed by atoms with Crippen molar-refractivity contribution in [3.05, 3.63) is 44.8 Å². The van der Waals surface area contributed by atoms with Crippen molar-refractivity contribution in [1.82, 2.24) is 10.2 Å². The van der Waals surface area contributed by atoms with Crippen LogP contribution in [0.2, 0.25) is 5.02 Å². The molecule has 1 aromatic carbocycles. The maximum Gasteiger partial charge on any atom is 0.324 e. The number of benzene rings is 1. The molecule has 1 fully saturated rings. The lowest BCUT2D eigenvalue weighted by molar-refractivity contribution is -0.134. The number of anilines is 2. The molecule has 0 saturated carbocycles. The largest absolute Gasteiger partial charge is 0.352 e. The number of carbonyl (C=O) groups excluding carboxylic acids is 3. The van der Waals surface area contributed by atoms with Crippen molar-refractivity contribution >= 4 is 51.5 Å². The van der Waals surface area contributed by atoms with E-state index in [0.29, 0.717) is 39.9 Å². The molecule has 164 valence electrons. The van der Waals surface area contributed by atoms with Crippen LogP contribution in [0.4, 0.5) is 15.5 Å². The molecule has 0 aliphatic carbocycles. The zero-order valence-corrected chi connectivity index (χ0v) is 19.7. The van der Waals surface area contributed by atoms with Crippen molar-refractivity contribution < 1.29 is 14.4 Å². The number of rotatable bonds is 2. The number of fused-ring (bicyclic) bond motifs is 3. The van der Waals surface area contributed by atoms with Crippen LogP contribution in [0, 0.1) is 6.92 Å². The van der Waals surface area contributed by atoms with Gasteiger partial charge in [0.25, 0.3) is 5.91 Å². The molecule has 4 rings (SSSR count). The monoisotopic (exact) mass is 460 g/mol. The van der Waals surface area contributed by atoms with Crippen LogP contribution >= 0.6 is 22.9 Å². The molecule has 31 heavy (non-hydrogen) atoms. The first kappa shape index (κ1) is 21.6. The molecule has 0 spiro atoms. The Balaban J connectivity index is 1.76. The second-order valence-electron chi connectivity index (χ2n) is 9.06. The van der Waals surface area contributed by atoms with Gasteiger partial charge in [0.2, 0.25) is 5.91 Å². The van der Waals surface area contributed by atoms with Crippen molar-refractivity contribution in [3.63, 3.8) is 0 Å². The number of halogens is 1. The third-order valence-electron chi connectivity index (χ3n) is 5.81. The maximum absolute atomic E-state index is 13.3. The lowest BCUT2D eigenvalue weighted by Crippen LogP contribution is -2.59. The van der Waals surface area contributed by atoms with Crippen LogP contribution in [0.1, 0.15) is 54.1 Å². The Bertz CT molecular complexity index is 1120. The van der Waals surface area contributed by atoms with Crippen molar-refractivity contribution in [1.29, 1.82) is 0 Å². The quantitative estimate of drug-likeness (QED) is 0.618. The molecule has 3 heterocycles. The summed E-state index contributed by atoms with van der Waals surface area (Å²) < 4.78 is 0. The molecule has 0 bridgehead atoms. The minimum absolute atomic E-state index is 0.198. The Kier molecular flexibility index (Phi) is 5.05. The van der Waals surface area contributed by atoms with E-state index in [4.69, 9.17) is 11.6 Å². The average molecular weight is 461 g/mol. The summed E-state index contributed by atoms with van der Waals surface area (Å²) in [5.74, 6) is -0.431. The Morgan fingerprint density at radius 3 is 2.65 bits per heavy atom. The van der Waals surface area contributed by atoms with Gasteiger partial charge in [-0.1, -0.05) is 44.5 Å². The Morgan fingerprint density at radius 2 is 1.97 bits per heavy atom. The van der Waals surface area contributed by atoms with E-state index in [9.17, 15) is 14.4 Å². The molecule has 7 nitrogen and oxygen atoms in total. The van der Waals surface area contributed by atoms with Crippen molar-refractivity contribution in [2.24, 2.45) is 0 Å². The molecule has 1 aromatic heterocycles. The minimum Gasteiger partial charge on any atom is -0.352 e. The highest BCUT2D eigenvalue weighted by Crippen LogP contribution is 2.52. The maximum atomic E-state index is 13.3. The van der Waals surface area contributed by atoms with Gasteiger partial charge in [-0.05, 0) is 30.9 Å². The van der Waals surface area contributed by atoms with Crippen LogP contribution in [0.5, 0.6) is 0 Å². The first-order valence-corrected chi connectivity index (χ1v) is 11.3. The summed E-state index contributed by atoms with van der Waals surface area (Å²) in [6.07, 6.45) is 0. The highest BCUT2D eigenvalue weighted by atomic mass is 35.5. The number of carbonyl (C=O) groups is 3. The molecule has 1 atom stereocenters. The molecular weight excluding hydrogens is 436 g/mol. The number of nitrogens with one attached hydrogen (secondary N) is 3. The van der Waals surface area contributed by atoms with E-state index in [1.807, 2.05) is 33.8 Å². The van der Waals surface area contributed by atoms with E-state index in [0.717, 1.165) is 10.4 Å². The summed E-state index contributed by atoms with van der Waals surface area (Å²) in [6, 6.07) is 4.88. The normalized spacial score (nSPS) is 20.3. The van der Waals surface area contributed by atoms with Gasteiger partial charge in [-0.15, -0.1) is 11.3 Å². The molecule has 4 amide bonds. The number of amides is 4. The molecule has 1 unspecified atom stereocenters. The van der Waals surface area contributed by atoms with E-state index in [2.05, 4.69) is 16.0 Å². The summed E-state index contributed by atoms with van der Waals surface area (Å²) in [7, 11) is 0. The van der Waals surface area contributed by atoms with Crippen LogP contribution in [0.25, 0.3) is 0 Å². The molecular formula is C22H25ClN4O3S. The number of hydrogen-bond donors (Lipinski definition) is 3. The van der Waals surface area contributed by atoms with E-state index in [1.54, 1.807) is 24.0 Å². The van der Waals surface area contributed by atoms with E-state index in [-0.39, 0.29) is 17.2 Å². The number of nitrogens with zero attached hydrogens (tertiary/aromatic N) is 1.